The first-order chi connectivity index (χ1) is 9.75. The van der Waals surface area contributed by atoms with Crippen LogP contribution in [-0.2, 0) is 10.9 Å². The molecule has 2 heterocycles. The third kappa shape index (κ3) is 5.41. The average Bonchev–Trinajstić information content (AvgIpc) is 2.39. The van der Waals surface area contributed by atoms with Gasteiger partial charge in [0.1, 0.15) is 17.3 Å². The molecule has 116 valence electrons. The van der Waals surface area contributed by atoms with Crippen molar-refractivity contribution in [2.24, 2.45) is 0 Å². The Bertz CT molecular complexity index is 575. The van der Waals surface area contributed by atoms with Crippen LogP contribution in [0.5, 0.6) is 0 Å². The molecule has 0 aliphatic carbocycles. The van der Waals surface area contributed by atoms with Crippen molar-refractivity contribution in [2.45, 2.75) is 11.2 Å². The molecule has 1 fully saturated rings. The van der Waals surface area contributed by atoms with Gasteiger partial charge in [0, 0.05) is 19.2 Å². The van der Waals surface area contributed by atoms with Gasteiger partial charge < -0.3 is 14.6 Å². The maximum absolute atomic E-state index is 12.1. The molecule has 0 spiro atoms. The maximum Gasteiger partial charge on any atom is 0.431 e. The minimum Gasteiger partial charge on any atom is -0.379 e. The van der Waals surface area contributed by atoms with Gasteiger partial charge in [-0.15, -0.1) is 12.6 Å². The third-order valence-corrected chi connectivity index (χ3v) is 3.00. The summed E-state index contributed by atoms with van der Waals surface area (Å²) in [5.74, 6) is 0. The fraction of sp³-hybridized carbons (Fsp3) is 0.500. The Balaban J connectivity index is 0.000000262. The van der Waals surface area contributed by atoms with Crippen LogP contribution < -0.4 is 5.43 Å². The van der Waals surface area contributed by atoms with Gasteiger partial charge in [-0.1, -0.05) is 0 Å². The number of halogens is 3. The number of aromatic amines is 1. The summed E-state index contributed by atoms with van der Waals surface area (Å²) in [6.07, 6.45) is -4.65. The Morgan fingerprint density at radius 2 is 2.00 bits per heavy atom. The molecule has 0 radical (unpaired) electrons. The first-order valence-corrected chi connectivity index (χ1v) is 6.40. The van der Waals surface area contributed by atoms with Crippen molar-refractivity contribution in [1.29, 1.82) is 5.26 Å². The smallest absolute Gasteiger partial charge is 0.379 e. The fourth-order valence-corrected chi connectivity index (χ4v) is 1.74. The van der Waals surface area contributed by atoms with E-state index < -0.39 is 22.9 Å². The highest BCUT2D eigenvalue weighted by Gasteiger charge is 2.32. The van der Waals surface area contributed by atoms with Crippen molar-refractivity contribution in [3.63, 3.8) is 0 Å². The van der Waals surface area contributed by atoms with E-state index in [9.17, 15) is 18.0 Å². The monoisotopic (exact) mass is 321 g/mol. The second-order valence-electron chi connectivity index (χ2n) is 4.30. The summed E-state index contributed by atoms with van der Waals surface area (Å²) >= 11 is 3.57. The molecule has 1 saturated heterocycles. The molecule has 0 aromatic carbocycles. The van der Waals surface area contributed by atoms with Gasteiger partial charge in [-0.25, -0.2) is 0 Å². The molecule has 1 aromatic heterocycles. The molecule has 1 aliphatic heterocycles. The SMILES string of the molecule is CN1CCOCC1.N#Cc1c(S)[nH]c(C(F)(F)F)cc1=O. The number of ether oxygens (including phenoxy) is 1. The number of alkyl halides is 3. The molecule has 0 unspecified atom stereocenters. The van der Waals surface area contributed by atoms with E-state index in [1.807, 2.05) is 4.98 Å². The number of nitrogens with one attached hydrogen (secondary N) is 1. The Hall–Kier alpha value is -1.50. The minimum atomic E-state index is -4.65. The van der Waals surface area contributed by atoms with Crippen molar-refractivity contribution in [1.82, 2.24) is 9.88 Å². The Morgan fingerprint density at radius 1 is 1.43 bits per heavy atom. The average molecular weight is 321 g/mol. The van der Waals surface area contributed by atoms with Crippen LogP contribution in [-0.4, -0.2) is 43.2 Å². The number of thiol groups is 1. The van der Waals surface area contributed by atoms with Gasteiger partial charge in [-0.2, -0.15) is 18.4 Å². The van der Waals surface area contributed by atoms with Crippen LogP contribution in [0, 0.1) is 11.3 Å². The highest BCUT2D eigenvalue weighted by molar-refractivity contribution is 7.80. The number of pyridine rings is 1. The van der Waals surface area contributed by atoms with Crippen LogP contribution in [0.2, 0.25) is 0 Å². The van der Waals surface area contributed by atoms with E-state index in [1.54, 1.807) is 0 Å². The van der Waals surface area contributed by atoms with Crippen LogP contribution in [0.1, 0.15) is 11.3 Å². The number of aromatic nitrogens is 1. The van der Waals surface area contributed by atoms with Gasteiger partial charge in [0.25, 0.3) is 0 Å². The Kier molecular flexibility index (Phi) is 6.26. The number of morpholine rings is 1. The number of likely N-dealkylation sites (N-methyl/N-ethyl adjacent to an activating group) is 1. The van der Waals surface area contributed by atoms with E-state index in [-0.39, 0.29) is 5.03 Å². The van der Waals surface area contributed by atoms with E-state index in [0.29, 0.717) is 6.07 Å². The first kappa shape index (κ1) is 17.6. The summed E-state index contributed by atoms with van der Waals surface area (Å²) in [7, 11) is 2.11. The maximum atomic E-state index is 12.1. The van der Waals surface area contributed by atoms with Gasteiger partial charge in [-0.3, -0.25) is 4.79 Å². The lowest BCUT2D eigenvalue weighted by atomic mass is 10.2. The predicted octanol–water partition coefficient (Wildman–Crippen LogP) is 1.50. The van der Waals surface area contributed by atoms with E-state index in [4.69, 9.17) is 10.00 Å². The van der Waals surface area contributed by atoms with E-state index in [1.165, 1.54) is 6.07 Å². The number of hydrogen-bond donors (Lipinski definition) is 2. The quantitative estimate of drug-likeness (QED) is 0.711. The molecular formula is C12H14F3N3O2S. The van der Waals surface area contributed by atoms with Gasteiger partial charge >= 0.3 is 6.18 Å². The van der Waals surface area contributed by atoms with Gasteiger partial charge in [-0.05, 0) is 7.05 Å². The van der Waals surface area contributed by atoms with Crippen molar-refractivity contribution >= 4 is 12.6 Å². The van der Waals surface area contributed by atoms with Crippen molar-refractivity contribution in [3.8, 4) is 6.07 Å². The summed E-state index contributed by atoms with van der Waals surface area (Å²) < 4.78 is 41.4. The number of nitriles is 1. The summed E-state index contributed by atoms with van der Waals surface area (Å²) in [6.45, 7) is 4.02. The molecule has 0 atom stereocenters. The largest absolute Gasteiger partial charge is 0.431 e. The lowest BCUT2D eigenvalue weighted by Crippen LogP contribution is -2.32. The standard InChI is InChI=1S/C7H3F3N2OS.C5H11NO/c8-7(9,10)5-1-4(13)3(2-11)6(14)12-5;1-6-2-4-7-5-3-6/h1H,(H2,12,13,14);2-5H2,1H3. The van der Waals surface area contributed by atoms with Gasteiger partial charge in [0.2, 0.25) is 5.43 Å². The van der Waals surface area contributed by atoms with Gasteiger partial charge in [0.05, 0.1) is 18.2 Å². The molecule has 21 heavy (non-hydrogen) atoms. The zero-order chi connectivity index (χ0) is 16.0. The zero-order valence-electron chi connectivity index (χ0n) is 11.2. The number of nitrogens with zero attached hydrogens (tertiary/aromatic N) is 2. The molecule has 2 rings (SSSR count). The van der Waals surface area contributed by atoms with Crippen LogP contribution in [0.15, 0.2) is 15.9 Å². The summed E-state index contributed by atoms with van der Waals surface area (Å²) in [5, 5.41) is 8.01. The minimum absolute atomic E-state index is 0.332. The van der Waals surface area contributed by atoms with Crippen LogP contribution >= 0.6 is 12.6 Å². The van der Waals surface area contributed by atoms with Crippen LogP contribution in [0.4, 0.5) is 13.2 Å². The normalized spacial score (nSPS) is 15.8. The van der Waals surface area contributed by atoms with Crippen molar-refractivity contribution in [2.75, 3.05) is 33.4 Å². The van der Waals surface area contributed by atoms with Crippen molar-refractivity contribution < 1.29 is 17.9 Å². The van der Waals surface area contributed by atoms with Crippen LogP contribution in [0.25, 0.3) is 0 Å². The fourth-order valence-electron chi connectivity index (χ4n) is 1.46. The van der Waals surface area contributed by atoms with E-state index >= 15 is 0 Å². The third-order valence-electron chi connectivity index (χ3n) is 2.66. The van der Waals surface area contributed by atoms with E-state index in [0.717, 1.165) is 26.3 Å². The van der Waals surface area contributed by atoms with Crippen LogP contribution in [0.3, 0.4) is 0 Å². The van der Waals surface area contributed by atoms with Crippen molar-refractivity contribution in [3.05, 3.63) is 27.5 Å². The molecule has 1 N–H and O–H groups in total. The predicted molar refractivity (Wildman–Crippen MR) is 72.3 cm³/mol. The zero-order valence-corrected chi connectivity index (χ0v) is 12.1. The Morgan fingerprint density at radius 3 is 2.33 bits per heavy atom. The lowest BCUT2D eigenvalue weighted by Gasteiger charge is -2.21. The highest BCUT2D eigenvalue weighted by Crippen LogP contribution is 2.27. The summed E-state index contributed by atoms with van der Waals surface area (Å²) in [6, 6.07) is 1.79. The Labute approximate surface area is 124 Å². The molecule has 0 saturated carbocycles. The molecule has 1 aliphatic rings. The second-order valence-corrected chi connectivity index (χ2v) is 4.74. The van der Waals surface area contributed by atoms with Gasteiger partial charge in [0.15, 0.2) is 0 Å². The molecule has 5 nitrogen and oxygen atoms in total. The molecule has 0 amide bonds. The number of rotatable bonds is 0. The second kappa shape index (κ2) is 7.49. The topological polar surface area (TPSA) is 69.1 Å². The number of hydrogen-bond acceptors (Lipinski definition) is 5. The molecule has 1 aromatic rings. The molecular weight excluding hydrogens is 307 g/mol. The summed E-state index contributed by atoms with van der Waals surface area (Å²) in [5.41, 5.74) is -2.64. The van der Waals surface area contributed by atoms with E-state index in [2.05, 4.69) is 24.6 Å². The lowest BCUT2D eigenvalue weighted by molar-refractivity contribution is -0.141. The summed E-state index contributed by atoms with van der Waals surface area (Å²) in [4.78, 5) is 15.0. The highest BCUT2D eigenvalue weighted by atomic mass is 32.1. The number of H-pyrrole nitrogens is 1. The first-order valence-electron chi connectivity index (χ1n) is 5.95. The molecule has 9 heteroatoms. The molecule has 0 bridgehead atoms.